The average molecular weight is 421 g/mol. The highest BCUT2D eigenvalue weighted by Crippen LogP contribution is 2.40. The fourth-order valence-corrected chi connectivity index (χ4v) is 4.54. The smallest absolute Gasteiger partial charge is 0.437 e. The minimum Gasteiger partial charge on any atom is -0.437 e. The molecule has 1 aliphatic rings. The number of fused-ring (bicyclic) bond motifs is 3. The molecule has 0 fully saturated rings. The van der Waals surface area contributed by atoms with Crippen LogP contribution >= 0.6 is 0 Å². The Labute approximate surface area is 188 Å². The van der Waals surface area contributed by atoms with Crippen molar-refractivity contribution in [2.24, 2.45) is 0 Å². The quantitative estimate of drug-likeness (QED) is 0.238. The summed E-state index contributed by atoms with van der Waals surface area (Å²) in [7, 11) is 1.30. The van der Waals surface area contributed by atoms with Crippen LogP contribution < -0.4 is 4.74 Å². The number of benzene rings is 4. The van der Waals surface area contributed by atoms with Crippen molar-refractivity contribution in [3.05, 3.63) is 124 Å². The first kappa shape index (κ1) is 20.1. The summed E-state index contributed by atoms with van der Waals surface area (Å²) in [5, 5.41) is 0. The zero-order valence-electron chi connectivity index (χ0n) is 18.0. The summed E-state index contributed by atoms with van der Waals surface area (Å²) in [5.41, 5.74) is 10.8. The normalized spacial score (nSPS) is 11.5. The van der Waals surface area contributed by atoms with Crippen LogP contribution in [0, 0.1) is 0 Å². The van der Waals surface area contributed by atoms with Gasteiger partial charge < -0.3 is 9.47 Å². The fraction of sp³-hybridized carbons (Fsp3) is 0.138. The highest BCUT2D eigenvalue weighted by molar-refractivity contribution is 5.79. The SMILES string of the molecule is COC(=O)Oc1ccc(Cc2c(Cc3ccccc3)ccc3c2Cc2ccccc2-3)cc1. The molecular formula is C29H24O3. The molecule has 0 radical (unpaired) electrons. The Bertz CT molecular complexity index is 1260. The van der Waals surface area contributed by atoms with Crippen molar-refractivity contribution in [2.45, 2.75) is 19.3 Å². The van der Waals surface area contributed by atoms with Gasteiger partial charge in [-0.05, 0) is 75.9 Å². The van der Waals surface area contributed by atoms with Crippen LogP contribution in [0.5, 0.6) is 5.75 Å². The van der Waals surface area contributed by atoms with E-state index in [9.17, 15) is 4.79 Å². The molecule has 4 aromatic rings. The van der Waals surface area contributed by atoms with Crippen molar-refractivity contribution < 1.29 is 14.3 Å². The Morgan fingerprint density at radius 1 is 0.750 bits per heavy atom. The van der Waals surface area contributed by atoms with Crippen LogP contribution in [0.2, 0.25) is 0 Å². The minimum atomic E-state index is -0.707. The van der Waals surface area contributed by atoms with Crippen LogP contribution in [0.3, 0.4) is 0 Å². The second-order valence-electron chi connectivity index (χ2n) is 8.10. The van der Waals surface area contributed by atoms with Crippen LogP contribution in [0.15, 0.2) is 91.0 Å². The van der Waals surface area contributed by atoms with Crippen LogP contribution in [-0.2, 0) is 24.0 Å². The van der Waals surface area contributed by atoms with E-state index in [1.807, 2.05) is 24.3 Å². The van der Waals surface area contributed by atoms with E-state index < -0.39 is 6.16 Å². The van der Waals surface area contributed by atoms with Gasteiger partial charge >= 0.3 is 6.16 Å². The summed E-state index contributed by atoms with van der Waals surface area (Å²) < 4.78 is 9.70. The second kappa shape index (κ2) is 8.72. The maximum atomic E-state index is 11.4. The number of carbonyl (C=O) groups excluding carboxylic acids is 1. The molecule has 32 heavy (non-hydrogen) atoms. The molecule has 5 rings (SSSR count). The zero-order valence-corrected chi connectivity index (χ0v) is 18.0. The van der Waals surface area contributed by atoms with Crippen LogP contribution in [0.4, 0.5) is 4.79 Å². The van der Waals surface area contributed by atoms with Gasteiger partial charge in [-0.3, -0.25) is 0 Å². The molecular weight excluding hydrogens is 396 g/mol. The van der Waals surface area contributed by atoms with Gasteiger partial charge in [-0.15, -0.1) is 0 Å². The minimum absolute atomic E-state index is 0.482. The Morgan fingerprint density at radius 2 is 1.47 bits per heavy atom. The third-order valence-electron chi connectivity index (χ3n) is 6.11. The first-order valence-electron chi connectivity index (χ1n) is 10.8. The molecule has 0 amide bonds. The van der Waals surface area contributed by atoms with Gasteiger partial charge in [0.25, 0.3) is 0 Å². The lowest BCUT2D eigenvalue weighted by atomic mass is 9.89. The van der Waals surface area contributed by atoms with Gasteiger partial charge in [0, 0.05) is 0 Å². The van der Waals surface area contributed by atoms with Crippen LogP contribution in [0.25, 0.3) is 11.1 Å². The monoisotopic (exact) mass is 420 g/mol. The summed E-state index contributed by atoms with van der Waals surface area (Å²) in [6.45, 7) is 0. The van der Waals surface area contributed by atoms with Crippen molar-refractivity contribution in [2.75, 3.05) is 7.11 Å². The average Bonchev–Trinajstić information content (AvgIpc) is 3.21. The molecule has 1 aliphatic carbocycles. The fourth-order valence-electron chi connectivity index (χ4n) is 4.54. The molecule has 0 atom stereocenters. The molecule has 0 saturated carbocycles. The molecule has 4 aromatic carbocycles. The summed E-state index contributed by atoms with van der Waals surface area (Å²) in [6, 6.07) is 31.6. The maximum Gasteiger partial charge on any atom is 0.513 e. The number of ether oxygens (including phenoxy) is 2. The zero-order chi connectivity index (χ0) is 21.9. The summed E-state index contributed by atoms with van der Waals surface area (Å²) in [5.74, 6) is 0.482. The lowest BCUT2D eigenvalue weighted by molar-refractivity contribution is 0.121. The highest BCUT2D eigenvalue weighted by Gasteiger charge is 2.23. The van der Waals surface area contributed by atoms with E-state index in [-0.39, 0.29) is 0 Å². The van der Waals surface area contributed by atoms with Gasteiger partial charge in [-0.1, -0.05) is 78.9 Å². The van der Waals surface area contributed by atoms with E-state index in [1.54, 1.807) is 0 Å². The lowest BCUT2D eigenvalue weighted by Crippen LogP contribution is -2.07. The van der Waals surface area contributed by atoms with Gasteiger partial charge in [0.15, 0.2) is 0 Å². The van der Waals surface area contributed by atoms with Gasteiger partial charge in [0.1, 0.15) is 5.75 Å². The lowest BCUT2D eigenvalue weighted by Gasteiger charge is -2.16. The van der Waals surface area contributed by atoms with E-state index in [4.69, 9.17) is 4.74 Å². The molecule has 0 aliphatic heterocycles. The molecule has 0 N–H and O–H groups in total. The maximum absolute atomic E-state index is 11.4. The Morgan fingerprint density at radius 3 is 2.25 bits per heavy atom. The first-order chi connectivity index (χ1) is 15.7. The van der Waals surface area contributed by atoms with Crippen molar-refractivity contribution in [3.63, 3.8) is 0 Å². The summed E-state index contributed by atoms with van der Waals surface area (Å²) >= 11 is 0. The second-order valence-corrected chi connectivity index (χ2v) is 8.10. The Hall–Kier alpha value is -3.85. The van der Waals surface area contributed by atoms with Gasteiger partial charge in [-0.2, -0.15) is 0 Å². The van der Waals surface area contributed by atoms with Crippen LogP contribution in [-0.4, -0.2) is 13.3 Å². The van der Waals surface area contributed by atoms with Gasteiger partial charge in [0.05, 0.1) is 7.11 Å². The molecule has 0 unspecified atom stereocenters. The molecule has 0 aromatic heterocycles. The Kier molecular flexibility index (Phi) is 5.47. The number of methoxy groups -OCH3 is 1. The highest BCUT2D eigenvalue weighted by atomic mass is 16.7. The van der Waals surface area contributed by atoms with Crippen LogP contribution in [0.1, 0.15) is 33.4 Å². The van der Waals surface area contributed by atoms with E-state index in [0.717, 1.165) is 19.3 Å². The van der Waals surface area contributed by atoms with Crippen molar-refractivity contribution in [1.29, 1.82) is 0 Å². The predicted octanol–water partition coefficient (Wildman–Crippen LogP) is 6.58. The van der Waals surface area contributed by atoms with E-state index in [2.05, 4.69) is 71.5 Å². The van der Waals surface area contributed by atoms with E-state index >= 15 is 0 Å². The van der Waals surface area contributed by atoms with Crippen molar-refractivity contribution >= 4 is 6.16 Å². The predicted molar refractivity (Wildman–Crippen MR) is 126 cm³/mol. The third-order valence-corrected chi connectivity index (χ3v) is 6.11. The molecule has 158 valence electrons. The van der Waals surface area contributed by atoms with Crippen molar-refractivity contribution in [3.8, 4) is 16.9 Å². The molecule has 0 heterocycles. The number of hydrogen-bond donors (Lipinski definition) is 0. The summed E-state index contributed by atoms with van der Waals surface area (Å²) in [6.07, 6.45) is 2.00. The summed E-state index contributed by atoms with van der Waals surface area (Å²) in [4.78, 5) is 11.4. The van der Waals surface area contributed by atoms with Crippen molar-refractivity contribution in [1.82, 2.24) is 0 Å². The molecule has 0 saturated heterocycles. The first-order valence-corrected chi connectivity index (χ1v) is 10.8. The number of rotatable bonds is 5. The Balaban J connectivity index is 1.51. The molecule has 0 bridgehead atoms. The van der Waals surface area contributed by atoms with Gasteiger partial charge in [-0.25, -0.2) is 4.79 Å². The largest absolute Gasteiger partial charge is 0.513 e. The third kappa shape index (κ3) is 4.02. The topological polar surface area (TPSA) is 35.5 Å². The standard InChI is InChI=1S/C29H24O3/c1-31-29(30)32-24-14-11-21(12-15-24)18-27-23(17-20-7-3-2-4-8-20)13-16-26-25-10-6-5-9-22(25)19-28(26)27/h2-16H,17-19H2,1H3. The molecule has 3 heteroatoms. The van der Waals surface area contributed by atoms with Gasteiger partial charge in [0.2, 0.25) is 0 Å². The molecule has 0 spiro atoms. The number of hydrogen-bond acceptors (Lipinski definition) is 3. The number of carbonyl (C=O) groups is 1. The van der Waals surface area contributed by atoms with E-state index in [0.29, 0.717) is 5.75 Å². The van der Waals surface area contributed by atoms with E-state index in [1.165, 1.54) is 51.6 Å². The molecule has 3 nitrogen and oxygen atoms in total.